The van der Waals surface area contributed by atoms with Crippen LogP contribution in [0.15, 0.2) is 12.7 Å². The van der Waals surface area contributed by atoms with Crippen LogP contribution in [-0.2, 0) is 4.79 Å². The van der Waals surface area contributed by atoms with Crippen molar-refractivity contribution in [3.05, 3.63) is 12.7 Å². The summed E-state index contributed by atoms with van der Waals surface area (Å²) in [6, 6.07) is 0. The Bertz CT molecular complexity index is 128. The van der Waals surface area contributed by atoms with E-state index in [-0.39, 0.29) is 11.8 Å². The van der Waals surface area contributed by atoms with Gasteiger partial charge in [0.1, 0.15) is 0 Å². The first-order valence-corrected chi connectivity index (χ1v) is 2.61. The first kappa shape index (κ1) is 5.35. The molecule has 2 heteroatoms. The fraction of sp³-hybridized carbons (Fsp3) is 0.500. The molecule has 0 aromatic carbocycles. The van der Waals surface area contributed by atoms with Crippen molar-refractivity contribution in [3.8, 4) is 0 Å². The Morgan fingerprint density at radius 1 is 1.88 bits per heavy atom. The van der Waals surface area contributed by atoms with Crippen molar-refractivity contribution >= 4 is 5.97 Å². The maximum atomic E-state index is 10.1. The summed E-state index contributed by atoms with van der Waals surface area (Å²) in [7, 11) is 0. The smallest absolute Gasteiger partial charge is 0.307 e. The van der Waals surface area contributed by atoms with Crippen molar-refractivity contribution in [1.82, 2.24) is 0 Å². The van der Waals surface area contributed by atoms with Gasteiger partial charge in [0.15, 0.2) is 0 Å². The molecular weight excluding hydrogens is 104 g/mol. The highest BCUT2D eigenvalue weighted by Gasteiger charge is 2.40. The molecule has 0 bridgehead atoms. The minimum absolute atomic E-state index is 0.118. The van der Waals surface area contributed by atoms with Gasteiger partial charge in [-0.3, -0.25) is 4.79 Å². The lowest BCUT2D eigenvalue weighted by Gasteiger charge is -1.81. The molecule has 2 atom stereocenters. The summed E-state index contributed by atoms with van der Waals surface area (Å²) < 4.78 is 0. The van der Waals surface area contributed by atoms with Gasteiger partial charge in [0, 0.05) is 0 Å². The van der Waals surface area contributed by atoms with Gasteiger partial charge >= 0.3 is 5.97 Å². The third kappa shape index (κ3) is 0.735. The zero-order valence-corrected chi connectivity index (χ0v) is 4.50. The number of rotatable bonds is 2. The third-order valence-corrected chi connectivity index (χ3v) is 1.46. The number of carbonyl (C=O) groups is 1. The predicted molar refractivity (Wildman–Crippen MR) is 29.4 cm³/mol. The summed E-state index contributed by atoms with van der Waals surface area (Å²) in [4.78, 5) is 10.1. The van der Waals surface area contributed by atoms with Gasteiger partial charge in [-0.25, -0.2) is 0 Å². The van der Waals surface area contributed by atoms with Crippen LogP contribution in [0, 0.1) is 11.8 Å². The summed E-state index contributed by atoms with van der Waals surface area (Å²) in [6.07, 6.45) is 2.50. The second-order valence-corrected chi connectivity index (χ2v) is 2.08. The molecule has 0 spiro atoms. The molecule has 0 amide bonds. The van der Waals surface area contributed by atoms with Crippen molar-refractivity contribution in [3.63, 3.8) is 0 Å². The predicted octanol–water partition coefficient (Wildman–Crippen LogP) is 0.893. The minimum Gasteiger partial charge on any atom is -0.481 e. The number of carboxylic acid groups (broad SMARTS) is 1. The van der Waals surface area contributed by atoms with Crippen LogP contribution >= 0.6 is 0 Å². The third-order valence-electron chi connectivity index (χ3n) is 1.46. The van der Waals surface area contributed by atoms with Crippen LogP contribution in [-0.4, -0.2) is 11.1 Å². The van der Waals surface area contributed by atoms with Crippen LogP contribution in [0.3, 0.4) is 0 Å². The standard InChI is InChI=1S/C6H8O2/c1-2-4-3-5(4)6(7)8/h2,4-5H,1,3H2,(H,7,8)/t4-,5+/m0/s1. The largest absolute Gasteiger partial charge is 0.481 e. The Kier molecular flexibility index (Phi) is 1.08. The number of carboxylic acids is 1. The van der Waals surface area contributed by atoms with Gasteiger partial charge in [-0.2, -0.15) is 0 Å². The number of allylic oxidation sites excluding steroid dienone is 1. The zero-order valence-electron chi connectivity index (χ0n) is 4.50. The molecule has 1 aliphatic rings. The minimum atomic E-state index is -0.685. The van der Waals surface area contributed by atoms with E-state index in [0.29, 0.717) is 0 Å². The monoisotopic (exact) mass is 112 g/mol. The average Bonchev–Trinajstić information content (AvgIpc) is 2.42. The molecule has 8 heavy (non-hydrogen) atoms. The van der Waals surface area contributed by atoms with Crippen molar-refractivity contribution in [2.45, 2.75) is 6.42 Å². The van der Waals surface area contributed by atoms with E-state index >= 15 is 0 Å². The molecule has 1 saturated carbocycles. The molecule has 0 heterocycles. The molecule has 1 fully saturated rings. The molecule has 0 unspecified atom stereocenters. The second kappa shape index (κ2) is 1.62. The Morgan fingerprint density at radius 3 is 2.62 bits per heavy atom. The van der Waals surface area contributed by atoms with Crippen molar-refractivity contribution in [2.24, 2.45) is 11.8 Å². The highest BCUT2D eigenvalue weighted by atomic mass is 16.4. The van der Waals surface area contributed by atoms with E-state index in [1.807, 2.05) is 0 Å². The van der Waals surface area contributed by atoms with Crippen molar-refractivity contribution < 1.29 is 9.90 Å². The molecule has 1 aliphatic carbocycles. The van der Waals surface area contributed by atoms with Crippen molar-refractivity contribution in [2.75, 3.05) is 0 Å². The number of hydrogen-bond acceptors (Lipinski definition) is 1. The van der Waals surface area contributed by atoms with Gasteiger partial charge in [0.05, 0.1) is 5.92 Å². The molecule has 44 valence electrons. The lowest BCUT2D eigenvalue weighted by molar-refractivity contribution is -0.138. The molecule has 0 saturated heterocycles. The van der Waals surface area contributed by atoms with Crippen LogP contribution in [0.25, 0.3) is 0 Å². The van der Waals surface area contributed by atoms with Crippen LogP contribution in [0.1, 0.15) is 6.42 Å². The zero-order chi connectivity index (χ0) is 6.15. The molecule has 1 N–H and O–H groups in total. The van der Waals surface area contributed by atoms with Gasteiger partial charge in [-0.15, -0.1) is 6.58 Å². The number of hydrogen-bond donors (Lipinski definition) is 1. The first-order chi connectivity index (χ1) is 3.75. The maximum absolute atomic E-state index is 10.1. The van der Waals surface area contributed by atoms with Gasteiger partial charge < -0.3 is 5.11 Å². The van der Waals surface area contributed by atoms with Crippen LogP contribution in [0.4, 0.5) is 0 Å². The van der Waals surface area contributed by atoms with E-state index in [1.165, 1.54) is 0 Å². The molecular formula is C6H8O2. The highest BCUT2D eigenvalue weighted by molar-refractivity contribution is 5.73. The van der Waals surface area contributed by atoms with E-state index in [2.05, 4.69) is 6.58 Å². The lowest BCUT2D eigenvalue weighted by atomic mass is 10.3. The Hall–Kier alpha value is -0.790. The van der Waals surface area contributed by atoms with Gasteiger partial charge in [-0.1, -0.05) is 6.08 Å². The van der Waals surface area contributed by atoms with Crippen LogP contribution in [0.5, 0.6) is 0 Å². The summed E-state index contributed by atoms with van der Waals surface area (Å²) >= 11 is 0. The molecule has 0 aliphatic heterocycles. The van der Waals surface area contributed by atoms with Gasteiger partial charge in [0.25, 0.3) is 0 Å². The summed E-state index contributed by atoms with van der Waals surface area (Å²) in [6.45, 7) is 3.49. The normalized spacial score (nSPS) is 34.0. The SMILES string of the molecule is C=C[C@H]1C[C@H]1C(=O)O. The van der Waals surface area contributed by atoms with Gasteiger partial charge in [-0.05, 0) is 12.3 Å². The number of aliphatic carboxylic acids is 1. The van der Waals surface area contributed by atoms with Crippen molar-refractivity contribution in [1.29, 1.82) is 0 Å². The molecule has 0 radical (unpaired) electrons. The Morgan fingerprint density at radius 2 is 2.50 bits per heavy atom. The summed E-state index contributed by atoms with van der Waals surface area (Å²) in [5.74, 6) is -0.546. The molecule has 0 aromatic heterocycles. The topological polar surface area (TPSA) is 37.3 Å². The fourth-order valence-electron chi connectivity index (χ4n) is 0.759. The summed E-state index contributed by atoms with van der Waals surface area (Å²) in [5.41, 5.74) is 0. The van der Waals surface area contributed by atoms with E-state index in [1.54, 1.807) is 6.08 Å². The lowest BCUT2D eigenvalue weighted by Crippen LogP contribution is -1.97. The molecule has 1 rings (SSSR count). The second-order valence-electron chi connectivity index (χ2n) is 2.08. The van der Waals surface area contributed by atoms with E-state index in [9.17, 15) is 4.79 Å². The van der Waals surface area contributed by atoms with E-state index in [0.717, 1.165) is 6.42 Å². The maximum Gasteiger partial charge on any atom is 0.307 e. The highest BCUT2D eigenvalue weighted by Crippen LogP contribution is 2.38. The van der Waals surface area contributed by atoms with Crippen LogP contribution in [0.2, 0.25) is 0 Å². The average molecular weight is 112 g/mol. The van der Waals surface area contributed by atoms with E-state index < -0.39 is 5.97 Å². The van der Waals surface area contributed by atoms with Gasteiger partial charge in [0.2, 0.25) is 0 Å². The van der Waals surface area contributed by atoms with Crippen LogP contribution < -0.4 is 0 Å². The molecule has 2 nitrogen and oxygen atoms in total. The fourth-order valence-corrected chi connectivity index (χ4v) is 0.759. The quantitative estimate of drug-likeness (QED) is 0.539. The Balaban J connectivity index is 2.36. The van der Waals surface area contributed by atoms with E-state index in [4.69, 9.17) is 5.11 Å². The summed E-state index contributed by atoms with van der Waals surface area (Å²) in [5, 5.41) is 8.31. The Labute approximate surface area is 47.8 Å². The molecule has 0 aromatic rings. The first-order valence-electron chi connectivity index (χ1n) is 2.61.